The van der Waals surface area contributed by atoms with Gasteiger partial charge in [0.25, 0.3) is 0 Å². The van der Waals surface area contributed by atoms with Gasteiger partial charge in [0.05, 0.1) is 25.1 Å². The van der Waals surface area contributed by atoms with Gasteiger partial charge in [0.15, 0.2) is 5.82 Å². The lowest BCUT2D eigenvalue weighted by molar-refractivity contribution is 0.0378. The maximum atomic E-state index is 5.74. The van der Waals surface area contributed by atoms with Crippen molar-refractivity contribution in [1.82, 2.24) is 14.9 Å². The molecule has 1 aromatic heterocycles. The van der Waals surface area contributed by atoms with Crippen molar-refractivity contribution in [3.8, 4) is 0 Å². The molecule has 0 aromatic carbocycles. The van der Waals surface area contributed by atoms with Crippen molar-refractivity contribution in [1.29, 1.82) is 0 Å². The van der Waals surface area contributed by atoms with Gasteiger partial charge in [-0.15, -0.1) is 0 Å². The number of anilines is 2. The van der Waals surface area contributed by atoms with E-state index in [9.17, 15) is 0 Å². The summed E-state index contributed by atoms with van der Waals surface area (Å²) in [7, 11) is 0. The van der Waals surface area contributed by atoms with Crippen LogP contribution in [0.4, 0.5) is 11.5 Å². The highest BCUT2D eigenvalue weighted by Crippen LogP contribution is 2.15. The van der Waals surface area contributed by atoms with Crippen LogP contribution in [0, 0.1) is 0 Å². The topological polar surface area (TPSA) is 76.3 Å². The molecule has 0 spiro atoms. The zero-order valence-corrected chi connectivity index (χ0v) is 11.0. The number of nitrogens with two attached hydrogens (primary N) is 1. The number of nitrogen functional groups attached to an aromatic ring is 1. The lowest BCUT2D eigenvalue weighted by atomic mass is 10.3. The van der Waals surface area contributed by atoms with Crippen LogP contribution >= 0.6 is 11.6 Å². The molecule has 1 aromatic rings. The molecule has 0 unspecified atom stereocenters. The lowest BCUT2D eigenvalue weighted by Gasteiger charge is -2.26. The van der Waals surface area contributed by atoms with Gasteiger partial charge in [-0.2, -0.15) is 4.98 Å². The van der Waals surface area contributed by atoms with Crippen molar-refractivity contribution in [2.75, 3.05) is 50.4 Å². The number of rotatable bonds is 5. The minimum atomic E-state index is 0.208. The maximum Gasteiger partial charge on any atom is 0.224 e. The van der Waals surface area contributed by atoms with Gasteiger partial charge in [-0.3, -0.25) is 4.90 Å². The van der Waals surface area contributed by atoms with E-state index in [0.717, 1.165) is 45.8 Å². The Balaban J connectivity index is 1.69. The first kappa shape index (κ1) is 13.3. The quantitative estimate of drug-likeness (QED) is 0.611. The number of morpholine rings is 1. The molecule has 1 fully saturated rings. The molecule has 0 bridgehead atoms. The van der Waals surface area contributed by atoms with Crippen LogP contribution in [0.3, 0.4) is 0 Å². The summed E-state index contributed by atoms with van der Waals surface area (Å²) in [6.45, 7) is 5.57. The second kappa shape index (κ2) is 6.72. The molecule has 6 nitrogen and oxygen atoms in total. The fourth-order valence-electron chi connectivity index (χ4n) is 1.85. The molecule has 100 valence electrons. The Labute approximate surface area is 111 Å². The van der Waals surface area contributed by atoms with Crippen LogP contribution in [0.5, 0.6) is 0 Å². The normalized spacial score (nSPS) is 16.7. The molecular weight excluding hydrogens is 254 g/mol. The molecule has 7 heteroatoms. The van der Waals surface area contributed by atoms with Gasteiger partial charge in [0, 0.05) is 19.6 Å². The molecule has 0 aliphatic carbocycles. The third kappa shape index (κ3) is 3.97. The standard InChI is InChI=1S/C11H18ClN5O/c12-11-15-8-9(13)10(16-11)14-2-1-3-17-4-6-18-7-5-17/h8H,1-7,13H2,(H,14,15,16). The van der Waals surface area contributed by atoms with Crippen LogP contribution in [-0.2, 0) is 4.74 Å². The fraction of sp³-hybridized carbons (Fsp3) is 0.636. The number of aromatic nitrogens is 2. The van der Waals surface area contributed by atoms with Crippen LogP contribution in [0.1, 0.15) is 6.42 Å². The zero-order chi connectivity index (χ0) is 12.8. The van der Waals surface area contributed by atoms with E-state index in [4.69, 9.17) is 22.1 Å². The van der Waals surface area contributed by atoms with Crippen LogP contribution < -0.4 is 11.1 Å². The molecule has 0 saturated carbocycles. The first-order valence-corrected chi connectivity index (χ1v) is 6.45. The second-order valence-corrected chi connectivity index (χ2v) is 4.52. The van der Waals surface area contributed by atoms with E-state index in [2.05, 4.69) is 20.2 Å². The van der Waals surface area contributed by atoms with E-state index in [1.807, 2.05) is 0 Å². The van der Waals surface area contributed by atoms with E-state index in [1.165, 1.54) is 6.20 Å². The highest BCUT2D eigenvalue weighted by molar-refractivity contribution is 6.28. The Morgan fingerprint density at radius 2 is 2.22 bits per heavy atom. The monoisotopic (exact) mass is 271 g/mol. The Morgan fingerprint density at radius 1 is 1.44 bits per heavy atom. The van der Waals surface area contributed by atoms with Crippen LogP contribution in [-0.4, -0.2) is 54.3 Å². The summed E-state index contributed by atoms with van der Waals surface area (Å²) in [5.41, 5.74) is 6.26. The van der Waals surface area contributed by atoms with Crippen LogP contribution in [0.2, 0.25) is 5.28 Å². The Bertz CT molecular complexity index is 384. The third-order valence-corrected chi connectivity index (χ3v) is 3.02. The smallest absolute Gasteiger partial charge is 0.224 e. The van der Waals surface area contributed by atoms with Gasteiger partial charge in [-0.1, -0.05) is 0 Å². The molecule has 0 amide bonds. The Kier molecular flexibility index (Phi) is 4.98. The van der Waals surface area contributed by atoms with Gasteiger partial charge < -0.3 is 15.8 Å². The summed E-state index contributed by atoms with van der Waals surface area (Å²) in [4.78, 5) is 10.2. The molecule has 3 N–H and O–H groups in total. The average Bonchev–Trinajstić information content (AvgIpc) is 2.40. The molecule has 1 aliphatic rings. The second-order valence-electron chi connectivity index (χ2n) is 4.18. The van der Waals surface area contributed by atoms with E-state index in [0.29, 0.717) is 11.5 Å². The van der Waals surface area contributed by atoms with E-state index < -0.39 is 0 Å². The number of hydrogen-bond acceptors (Lipinski definition) is 6. The van der Waals surface area contributed by atoms with Crippen molar-refractivity contribution >= 4 is 23.1 Å². The van der Waals surface area contributed by atoms with Gasteiger partial charge in [0.2, 0.25) is 5.28 Å². The van der Waals surface area contributed by atoms with Gasteiger partial charge in [0.1, 0.15) is 0 Å². The van der Waals surface area contributed by atoms with Gasteiger partial charge in [-0.05, 0) is 24.6 Å². The summed E-state index contributed by atoms with van der Waals surface area (Å²) in [6.07, 6.45) is 2.54. The number of halogens is 1. The minimum Gasteiger partial charge on any atom is -0.394 e. The summed E-state index contributed by atoms with van der Waals surface area (Å²) in [6, 6.07) is 0. The maximum absolute atomic E-state index is 5.74. The summed E-state index contributed by atoms with van der Waals surface area (Å²) in [5, 5.41) is 3.38. The Morgan fingerprint density at radius 3 is 3.00 bits per heavy atom. The van der Waals surface area contributed by atoms with E-state index >= 15 is 0 Å². The molecule has 1 saturated heterocycles. The van der Waals surface area contributed by atoms with Crippen molar-refractivity contribution in [3.63, 3.8) is 0 Å². The summed E-state index contributed by atoms with van der Waals surface area (Å²) in [5.74, 6) is 0.608. The van der Waals surface area contributed by atoms with Gasteiger partial charge >= 0.3 is 0 Å². The van der Waals surface area contributed by atoms with E-state index in [1.54, 1.807) is 0 Å². The van der Waals surface area contributed by atoms with Crippen LogP contribution in [0.15, 0.2) is 6.20 Å². The predicted molar refractivity (Wildman–Crippen MR) is 71.8 cm³/mol. The molecular formula is C11H18ClN5O. The highest BCUT2D eigenvalue weighted by atomic mass is 35.5. The minimum absolute atomic E-state index is 0.208. The predicted octanol–water partition coefficient (Wildman–Crippen LogP) is 0.846. The third-order valence-electron chi connectivity index (χ3n) is 2.83. The largest absolute Gasteiger partial charge is 0.394 e. The number of nitrogens with zero attached hydrogens (tertiary/aromatic N) is 3. The fourth-order valence-corrected chi connectivity index (χ4v) is 1.98. The molecule has 1 aliphatic heterocycles. The summed E-state index contributed by atoms with van der Waals surface area (Å²) < 4.78 is 5.30. The lowest BCUT2D eigenvalue weighted by Crippen LogP contribution is -2.37. The molecule has 18 heavy (non-hydrogen) atoms. The highest BCUT2D eigenvalue weighted by Gasteiger charge is 2.09. The first-order valence-electron chi connectivity index (χ1n) is 6.07. The van der Waals surface area contributed by atoms with Crippen molar-refractivity contribution in [2.24, 2.45) is 0 Å². The Hall–Kier alpha value is -1.11. The SMILES string of the molecule is Nc1cnc(Cl)nc1NCCCN1CCOCC1. The van der Waals surface area contributed by atoms with Gasteiger partial charge in [-0.25, -0.2) is 4.98 Å². The molecule has 0 atom stereocenters. The summed E-state index contributed by atoms with van der Waals surface area (Å²) >= 11 is 5.71. The molecule has 0 radical (unpaired) electrons. The van der Waals surface area contributed by atoms with Crippen molar-refractivity contribution in [3.05, 3.63) is 11.5 Å². The molecule has 2 heterocycles. The molecule has 2 rings (SSSR count). The average molecular weight is 272 g/mol. The van der Waals surface area contributed by atoms with Crippen LogP contribution in [0.25, 0.3) is 0 Å². The zero-order valence-electron chi connectivity index (χ0n) is 10.2. The van der Waals surface area contributed by atoms with Crippen molar-refractivity contribution < 1.29 is 4.74 Å². The number of nitrogens with one attached hydrogen (secondary N) is 1. The number of hydrogen-bond donors (Lipinski definition) is 2. The first-order chi connectivity index (χ1) is 8.75. The van der Waals surface area contributed by atoms with Crippen molar-refractivity contribution in [2.45, 2.75) is 6.42 Å². The van der Waals surface area contributed by atoms with E-state index in [-0.39, 0.29) is 5.28 Å². The number of ether oxygens (including phenoxy) is 1.